The molecule has 31 heavy (non-hydrogen) atoms. The Hall–Kier alpha value is -2.65. The third kappa shape index (κ3) is 5.74. The molecule has 8 nitrogen and oxygen atoms in total. The molecular weight excluding hydrogens is 418 g/mol. The maximum absolute atomic E-state index is 12.9. The van der Waals surface area contributed by atoms with Crippen LogP contribution in [0.1, 0.15) is 42.6 Å². The Kier molecular flexibility index (Phi) is 7.17. The van der Waals surface area contributed by atoms with Gasteiger partial charge in [-0.25, -0.2) is 8.42 Å². The van der Waals surface area contributed by atoms with Crippen molar-refractivity contribution < 1.29 is 22.4 Å². The lowest BCUT2D eigenvalue weighted by molar-refractivity contribution is -0.124. The molecule has 2 amide bonds. The zero-order valence-electron chi connectivity index (χ0n) is 18.0. The van der Waals surface area contributed by atoms with Gasteiger partial charge in [-0.15, -0.1) is 0 Å². The fraction of sp³-hybridized carbons (Fsp3) is 0.455. The second-order valence-electron chi connectivity index (χ2n) is 8.24. The molecule has 2 aromatic rings. The van der Waals surface area contributed by atoms with Gasteiger partial charge in [0, 0.05) is 19.1 Å². The molecule has 2 heterocycles. The third-order valence-electron chi connectivity index (χ3n) is 5.46. The molecule has 9 heteroatoms. The zero-order chi connectivity index (χ0) is 22.6. The Morgan fingerprint density at radius 1 is 1.10 bits per heavy atom. The van der Waals surface area contributed by atoms with Crippen LogP contribution in [0.3, 0.4) is 0 Å². The van der Waals surface area contributed by atoms with Crippen LogP contribution in [0.25, 0.3) is 0 Å². The van der Waals surface area contributed by atoms with Crippen LogP contribution in [0.4, 0.5) is 0 Å². The molecule has 1 saturated heterocycles. The van der Waals surface area contributed by atoms with E-state index >= 15 is 0 Å². The lowest BCUT2D eigenvalue weighted by Gasteiger charge is -2.33. The van der Waals surface area contributed by atoms with Crippen molar-refractivity contribution in [2.75, 3.05) is 13.1 Å². The van der Waals surface area contributed by atoms with Crippen LogP contribution >= 0.6 is 0 Å². The van der Waals surface area contributed by atoms with Gasteiger partial charge in [-0.05, 0) is 43.9 Å². The van der Waals surface area contributed by atoms with E-state index < -0.39 is 16.1 Å². The summed E-state index contributed by atoms with van der Waals surface area (Å²) in [5.41, 5.74) is 1.46. The molecular formula is C22H29N3O5S. The molecule has 1 aliphatic heterocycles. The van der Waals surface area contributed by atoms with E-state index in [0.717, 1.165) is 5.56 Å². The summed E-state index contributed by atoms with van der Waals surface area (Å²) in [5, 5.41) is 2.96. The lowest BCUT2D eigenvalue weighted by atomic mass is 10.0. The summed E-state index contributed by atoms with van der Waals surface area (Å²) < 4.78 is 33.0. The van der Waals surface area contributed by atoms with Gasteiger partial charge in [-0.3, -0.25) is 9.59 Å². The average molecular weight is 448 g/mol. The molecule has 1 fully saturated rings. The highest BCUT2D eigenvalue weighted by Gasteiger charge is 2.31. The third-order valence-corrected chi connectivity index (χ3v) is 6.92. The SMILES string of the molecule is Cc1ccc(S(=O)(=O)N[C@H](C(=O)NC2CCN(C(=O)c3ccoc3)CC2)C(C)C)cc1. The predicted octanol–water partition coefficient (Wildman–Crippen LogP) is 2.31. The summed E-state index contributed by atoms with van der Waals surface area (Å²) in [5.74, 6) is -0.683. The maximum atomic E-state index is 12.9. The number of sulfonamides is 1. The normalized spacial score (nSPS) is 16.3. The predicted molar refractivity (Wildman–Crippen MR) is 116 cm³/mol. The number of rotatable bonds is 7. The Morgan fingerprint density at radius 2 is 1.74 bits per heavy atom. The summed E-state index contributed by atoms with van der Waals surface area (Å²) in [6.07, 6.45) is 4.09. The molecule has 1 aromatic heterocycles. The molecule has 1 atom stereocenters. The van der Waals surface area contributed by atoms with E-state index in [1.54, 1.807) is 36.9 Å². The summed E-state index contributed by atoms with van der Waals surface area (Å²) in [6, 6.07) is 7.11. The van der Waals surface area contributed by atoms with Gasteiger partial charge in [0.05, 0.1) is 16.7 Å². The van der Waals surface area contributed by atoms with Crippen LogP contribution in [0.2, 0.25) is 0 Å². The minimum Gasteiger partial charge on any atom is -0.472 e. The van der Waals surface area contributed by atoms with Gasteiger partial charge < -0.3 is 14.6 Å². The van der Waals surface area contributed by atoms with Gasteiger partial charge in [-0.2, -0.15) is 4.72 Å². The van der Waals surface area contributed by atoms with E-state index in [1.807, 2.05) is 6.92 Å². The van der Waals surface area contributed by atoms with Crippen molar-refractivity contribution in [3.8, 4) is 0 Å². The second kappa shape index (κ2) is 9.65. The van der Waals surface area contributed by atoms with Gasteiger partial charge in [0.25, 0.3) is 5.91 Å². The van der Waals surface area contributed by atoms with Gasteiger partial charge in [-0.1, -0.05) is 31.5 Å². The molecule has 1 aliphatic rings. The zero-order valence-corrected chi connectivity index (χ0v) is 18.8. The van der Waals surface area contributed by atoms with Gasteiger partial charge in [0.2, 0.25) is 15.9 Å². The number of hydrogen-bond donors (Lipinski definition) is 2. The first-order chi connectivity index (χ1) is 14.7. The summed E-state index contributed by atoms with van der Waals surface area (Å²) in [7, 11) is -3.82. The number of hydrogen-bond acceptors (Lipinski definition) is 5. The van der Waals surface area contributed by atoms with Crippen molar-refractivity contribution in [3.63, 3.8) is 0 Å². The van der Waals surface area contributed by atoms with E-state index in [9.17, 15) is 18.0 Å². The van der Waals surface area contributed by atoms with Crippen molar-refractivity contribution in [2.24, 2.45) is 5.92 Å². The van der Waals surface area contributed by atoms with E-state index in [2.05, 4.69) is 10.0 Å². The monoisotopic (exact) mass is 447 g/mol. The van der Waals surface area contributed by atoms with Crippen LogP contribution < -0.4 is 10.0 Å². The first-order valence-corrected chi connectivity index (χ1v) is 11.9. The summed E-state index contributed by atoms with van der Waals surface area (Å²) in [6.45, 7) is 6.50. The smallest absolute Gasteiger partial charge is 0.257 e. The van der Waals surface area contributed by atoms with Crippen molar-refractivity contribution >= 4 is 21.8 Å². The standard InChI is InChI=1S/C22H29N3O5S/c1-15(2)20(24-31(28,29)19-6-4-16(3)5-7-19)21(26)23-18-8-11-25(12-9-18)22(27)17-10-13-30-14-17/h4-7,10,13-15,18,20,24H,8-9,11-12H2,1-3H3,(H,23,26)/t20-/m0/s1. The summed E-state index contributed by atoms with van der Waals surface area (Å²) in [4.78, 5) is 27.1. The molecule has 3 rings (SSSR count). The highest BCUT2D eigenvalue weighted by Crippen LogP contribution is 2.16. The van der Waals surface area contributed by atoms with Crippen LogP contribution in [0.15, 0.2) is 52.2 Å². The molecule has 2 N–H and O–H groups in total. The molecule has 0 spiro atoms. The van der Waals surface area contributed by atoms with Crippen LogP contribution in [0, 0.1) is 12.8 Å². The van der Waals surface area contributed by atoms with Gasteiger partial charge in [0.1, 0.15) is 12.3 Å². The number of carbonyl (C=O) groups excluding carboxylic acids is 2. The number of aryl methyl sites for hydroxylation is 1. The largest absolute Gasteiger partial charge is 0.472 e. The number of amides is 2. The number of carbonyl (C=O) groups is 2. The Balaban J connectivity index is 1.58. The quantitative estimate of drug-likeness (QED) is 0.677. The van der Waals surface area contributed by atoms with Gasteiger partial charge in [0.15, 0.2) is 0 Å². The van der Waals surface area contributed by atoms with Crippen LogP contribution in [-0.4, -0.2) is 50.3 Å². The topological polar surface area (TPSA) is 109 Å². The van der Waals surface area contributed by atoms with E-state index in [4.69, 9.17) is 4.42 Å². The summed E-state index contributed by atoms with van der Waals surface area (Å²) >= 11 is 0. The van der Waals surface area contributed by atoms with Crippen molar-refractivity contribution in [1.82, 2.24) is 14.9 Å². The first kappa shape index (κ1) is 23.0. The van der Waals surface area contributed by atoms with Crippen molar-refractivity contribution in [2.45, 2.75) is 50.6 Å². The van der Waals surface area contributed by atoms with Crippen molar-refractivity contribution in [3.05, 3.63) is 54.0 Å². The molecule has 0 unspecified atom stereocenters. The minimum absolute atomic E-state index is 0.0931. The molecule has 1 aromatic carbocycles. The first-order valence-electron chi connectivity index (χ1n) is 10.4. The fourth-order valence-corrected chi connectivity index (χ4v) is 4.88. The van der Waals surface area contributed by atoms with E-state index in [0.29, 0.717) is 31.5 Å². The highest BCUT2D eigenvalue weighted by molar-refractivity contribution is 7.89. The number of nitrogens with one attached hydrogen (secondary N) is 2. The van der Waals surface area contributed by atoms with Gasteiger partial charge >= 0.3 is 0 Å². The molecule has 0 bridgehead atoms. The maximum Gasteiger partial charge on any atom is 0.257 e. The number of likely N-dealkylation sites (tertiary alicyclic amines) is 1. The fourth-order valence-electron chi connectivity index (χ4n) is 3.53. The lowest BCUT2D eigenvalue weighted by Crippen LogP contribution is -2.54. The number of furan rings is 1. The molecule has 0 radical (unpaired) electrons. The minimum atomic E-state index is -3.82. The van der Waals surface area contributed by atoms with Crippen LogP contribution in [0.5, 0.6) is 0 Å². The van der Waals surface area contributed by atoms with Crippen LogP contribution in [-0.2, 0) is 14.8 Å². The number of piperidine rings is 1. The van der Waals surface area contributed by atoms with E-state index in [1.165, 1.54) is 24.7 Å². The Bertz CT molecular complexity index is 992. The highest BCUT2D eigenvalue weighted by atomic mass is 32.2. The molecule has 168 valence electrons. The average Bonchev–Trinajstić information content (AvgIpc) is 3.27. The molecule has 0 aliphatic carbocycles. The number of nitrogens with zero attached hydrogens (tertiary/aromatic N) is 1. The van der Waals surface area contributed by atoms with Crippen molar-refractivity contribution in [1.29, 1.82) is 0 Å². The Morgan fingerprint density at radius 3 is 2.29 bits per heavy atom. The second-order valence-corrected chi connectivity index (χ2v) is 9.96. The molecule has 0 saturated carbocycles. The number of benzene rings is 1. The van der Waals surface area contributed by atoms with E-state index in [-0.39, 0.29) is 28.7 Å². The Labute approximate surface area is 183 Å².